The molecule has 2 saturated carbocycles. The van der Waals surface area contributed by atoms with Crippen molar-refractivity contribution in [3.05, 3.63) is 0 Å². The average molecular weight is 334 g/mol. The highest BCUT2D eigenvalue weighted by Crippen LogP contribution is 2.44. The Labute approximate surface area is 142 Å². The third-order valence-corrected chi connectivity index (χ3v) is 5.68. The Kier molecular flexibility index (Phi) is 5.83. The lowest BCUT2D eigenvalue weighted by molar-refractivity contribution is -0.146. The van der Waals surface area contributed by atoms with Crippen LogP contribution in [0.25, 0.3) is 0 Å². The van der Waals surface area contributed by atoms with Crippen molar-refractivity contribution in [2.45, 2.75) is 59.3 Å². The van der Waals surface area contributed by atoms with Crippen molar-refractivity contribution in [1.29, 1.82) is 0 Å². The first-order valence-electron chi connectivity index (χ1n) is 8.81. The van der Waals surface area contributed by atoms with Crippen molar-refractivity contribution in [3.8, 4) is 0 Å². The summed E-state index contributed by atoms with van der Waals surface area (Å²) in [5.41, 5.74) is 0. The highest BCUT2D eigenvalue weighted by Gasteiger charge is 2.47. The van der Waals surface area contributed by atoms with Gasteiger partial charge in [-0.1, -0.05) is 13.8 Å². The Bertz CT molecular complexity index is 576. The Morgan fingerprint density at radius 3 is 2.33 bits per heavy atom. The summed E-state index contributed by atoms with van der Waals surface area (Å²) in [6.07, 6.45) is 1.66. The van der Waals surface area contributed by atoms with Gasteiger partial charge >= 0.3 is 0 Å². The maximum atomic E-state index is 12.6. The molecule has 0 N–H and O–H groups in total. The molecule has 5 nitrogen and oxygen atoms in total. The van der Waals surface area contributed by atoms with Gasteiger partial charge < -0.3 is 0 Å². The van der Waals surface area contributed by atoms with E-state index in [9.17, 15) is 24.0 Å². The molecule has 5 unspecified atom stereocenters. The number of carbonyl (C=O) groups excluding carboxylic acids is 5. The Balaban J connectivity index is 1.99. The number of rotatable bonds is 6. The SMILES string of the molecule is CC(=O)CC(=O)CCC(=O)C1CC2CC(C)C(=O)CC2C(=O)C1C. The smallest absolute Gasteiger partial charge is 0.140 e. The maximum absolute atomic E-state index is 12.6. The first kappa shape index (κ1) is 18.7. The van der Waals surface area contributed by atoms with Gasteiger partial charge in [-0.15, -0.1) is 0 Å². The molecular formula is C19H26O5. The topological polar surface area (TPSA) is 85.3 Å². The molecular weight excluding hydrogens is 308 g/mol. The van der Waals surface area contributed by atoms with Crippen LogP contribution in [0, 0.1) is 29.6 Å². The van der Waals surface area contributed by atoms with Gasteiger partial charge in [-0.2, -0.15) is 0 Å². The van der Waals surface area contributed by atoms with Crippen LogP contribution in [0.3, 0.4) is 0 Å². The second kappa shape index (κ2) is 7.49. The molecule has 0 aromatic heterocycles. The van der Waals surface area contributed by atoms with Crippen LogP contribution < -0.4 is 0 Å². The van der Waals surface area contributed by atoms with Gasteiger partial charge in [0.15, 0.2) is 0 Å². The number of fused-ring (bicyclic) bond motifs is 1. The number of carbonyl (C=O) groups is 5. The van der Waals surface area contributed by atoms with Gasteiger partial charge in [-0.05, 0) is 25.7 Å². The zero-order chi connectivity index (χ0) is 18.0. The Morgan fingerprint density at radius 1 is 1.04 bits per heavy atom. The molecule has 2 rings (SSSR count). The van der Waals surface area contributed by atoms with Gasteiger partial charge in [-0.25, -0.2) is 0 Å². The lowest BCUT2D eigenvalue weighted by atomic mass is 9.60. The highest BCUT2D eigenvalue weighted by molar-refractivity contribution is 6.00. The van der Waals surface area contributed by atoms with Gasteiger partial charge in [0.25, 0.3) is 0 Å². The molecule has 0 saturated heterocycles. The number of ketones is 5. The normalized spacial score (nSPS) is 33.0. The molecule has 24 heavy (non-hydrogen) atoms. The molecule has 0 amide bonds. The minimum atomic E-state index is -0.386. The van der Waals surface area contributed by atoms with E-state index in [1.807, 2.05) is 6.92 Å². The first-order valence-corrected chi connectivity index (χ1v) is 8.81. The van der Waals surface area contributed by atoms with E-state index in [0.717, 1.165) is 0 Å². The summed E-state index contributed by atoms with van der Waals surface area (Å²) < 4.78 is 0. The van der Waals surface area contributed by atoms with Crippen LogP contribution in [0.15, 0.2) is 0 Å². The molecule has 0 spiro atoms. The van der Waals surface area contributed by atoms with Crippen molar-refractivity contribution in [2.75, 3.05) is 0 Å². The molecule has 132 valence electrons. The van der Waals surface area contributed by atoms with Crippen LogP contribution in [0.5, 0.6) is 0 Å². The third kappa shape index (κ3) is 4.05. The van der Waals surface area contributed by atoms with Crippen LogP contribution in [0.1, 0.15) is 59.3 Å². The van der Waals surface area contributed by atoms with Crippen LogP contribution in [-0.2, 0) is 24.0 Å². The fourth-order valence-electron chi connectivity index (χ4n) is 4.22. The van der Waals surface area contributed by atoms with Gasteiger partial charge in [0.05, 0.1) is 6.42 Å². The van der Waals surface area contributed by atoms with Crippen LogP contribution >= 0.6 is 0 Å². The quantitative estimate of drug-likeness (QED) is 0.696. The molecule has 0 radical (unpaired) electrons. The Hall–Kier alpha value is -1.65. The fourth-order valence-corrected chi connectivity index (χ4v) is 4.22. The van der Waals surface area contributed by atoms with E-state index in [-0.39, 0.29) is 77.8 Å². The molecule has 0 aromatic carbocycles. The molecule has 0 heterocycles. The van der Waals surface area contributed by atoms with E-state index in [0.29, 0.717) is 19.3 Å². The van der Waals surface area contributed by atoms with Crippen molar-refractivity contribution in [2.24, 2.45) is 29.6 Å². The standard InChI is InChI=1S/C19H26O5/c1-10-6-13-8-15(12(3)19(24)16(13)9-18(10)23)17(22)5-4-14(21)7-11(2)20/h10,12-13,15-16H,4-9H2,1-3H3. The first-order chi connectivity index (χ1) is 11.2. The largest absolute Gasteiger partial charge is 0.300 e. The van der Waals surface area contributed by atoms with E-state index in [1.165, 1.54) is 6.92 Å². The average Bonchev–Trinajstić information content (AvgIpc) is 2.50. The second-order valence-corrected chi connectivity index (χ2v) is 7.59. The zero-order valence-electron chi connectivity index (χ0n) is 14.7. The predicted octanol–water partition coefficient (Wildman–Crippen LogP) is 2.34. The lowest BCUT2D eigenvalue weighted by Gasteiger charge is -2.42. The molecule has 2 fully saturated rings. The van der Waals surface area contributed by atoms with Crippen molar-refractivity contribution in [1.82, 2.24) is 0 Å². The van der Waals surface area contributed by atoms with Gasteiger partial charge in [0.2, 0.25) is 0 Å². The van der Waals surface area contributed by atoms with E-state index in [2.05, 4.69) is 0 Å². The third-order valence-electron chi connectivity index (χ3n) is 5.68. The molecule has 0 aromatic rings. The second-order valence-electron chi connectivity index (χ2n) is 7.59. The minimum absolute atomic E-state index is 0.0277. The van der Waals surface area contributed by atoms with Crippen LogP contribution in [0.2, 0.25) is 0 Å². The van der Waals surface area contributed by atoms with Crippen LogP contribution in [-0.4, -0.2) is 28.9 Å². The number of hydrogen-bond donors (Lipinski definition) is 0. The summed E-state index contributed by atoms with van der Waals surface area (Å²) >= 11 is 0. The minimum Gasteiger partial charge on any atom is -0.300 e. The summed E-state index contributed by atoms with van der Waals surface area (Å²) in [5, 5.41) is 0. The van der Waals surface area contributed by atoms with Gasteiger partial charge in [-0.3, -0.25) is 24.0 Å². The van der Waals surface area contributed by atoms with Gasteiger partial charge in [0, 0.05) is 42.9 Å². The van der Waals surface area contributed by atoms with Crippen molar-refractivity contribution < 1.29 is 24.0 Å². The Morgan fingerprint density at radius 2 is 1.71 bits per heavy atom. The van der Waals surface area contributed by atoms with E-state index >= 15 is 0 Å². The zero-order valence-corrected chi connectivity index (χ0v) is 14.7. The molecule has 5 heteroatoms. The van der Waals surface area contributed by atoms with E-state index in [1.54, 1.807) is 6.92 Å². The van der Waals surface area contributed by atoms with Crippen LogP contribution in [0.4, 0.5) is 0 Å². The van der Waals surface area contributed by atoms with E-state index in [4.69, 9.17) is 0 Å². The summed E-state index contributed by atoms with van der Waals surface area (Å²) in [5.74, 6) is -1.22. The summed E-state index contributed by atoms with van der Waals surface area (Å²) in [6, 6.07) is 0. The summed E-state index contributed by atoms with van der Waals surface area (Å²) in [7, 11) is 0. The molecule has 0 bridgehead atoms. The lowest BCUT2D eigenvalue weighted by Crippen LogP contribution is -2.46. The molecule has 5 atom stereocenters. The summed E-state index contributed by atoms with van der Waals surface area (Å²) in [4.78, 5) is 59.5. The van der Waals surface area contributed by atoms with Crippen molar-refractivity contribution in [3.63, 3.8) is 0 Å². The number of Topliss-reactive ketones (excluding diaryl/α,β-unsaturated/α-hetero) is 5. The highest BCUT2D eigenvalue weighted by atomic mass is 16.2. The fraction of sp³-hybridized carbons (Fsp3) is 0.737. The number of hydrogen-bond acceptors (Lipinski definition) is 5. The molecule has 2 aliphatic carbocycles. The maximum Gasteiger partial charge on any atom is 0.140 e. The molecule has 2 aliphatic rings. The summed E-state index contributed by atoms with van der Waals surface area (Å²) in [6.45, 7) is 5.01. The van der Waals surface area contributed by atoms with Gasteiger partial charge in [0.1, 0.15) is 28.9 Å². The van der Waals surface area contributed by atoms with Crippen molar-refractivity contribution >= 4 is 28.9 Å². The monoisotopic (exact) mass is 334 g/mol. The predicted molar refractivity (Wildman–Crippen MR) is 87.2 cm³/mol. The molecule has 0 aliphatic heterocycles. The van der Waals surface area contributed by atoms with E-state index < -0.39 is 0 Å².